The smallest absolute Gasteiger partial charge is 0.243 e. The first-order chi connectivity index (χ1) is 8.98. The van der Waals surface area contributed by atoms with Gasteiger partial charge in [-0.2, -0.15) is 4.31 Å². The Morgan fingerprint density at radius 2 is 1.95 bits per heavy atom. The maximum absolute atomic E-state index is 12.8. The Morgan fingerprint density at radius 1 is 1.16 bits per heavy atom. The molecule has 2 aliphatic heterocycles. The van der Waals surface area contributed by atoms with Crippen LogP contribution in [0.4, 0.5) is 0 Å². The van der Waals surface area contributed by atoms with Crippen molar-refractivity contribution in [2.45, 2.75) is 31.2 Å². The van der Waals surface area contributed by atoms with E-state index in [4.69, 9.17) is 0 Å². The topological polar surface area (TPSA) is 40.6 Å². The van der Waals surface area contributed by atoms with E-state index in [2.05, 4.69) is 4.90 Å². The Labute approximate surface area is 115 Å². The molecule has 104 valence electrons. The maximum atomic E-state index is 12.8. The number of hydrogen-bond donors (Lipinski definition) is 0. The minimum atomic E-state index is -3.34. The number of nitrogens with zero attached hydrogens (tertiary/aromatic N) is 2. The molecule has 1 aromatic rings. The summed E-state index contributed by atoms with van der Waals surface area (Å²) < 4.78 is 27.3. The summed E-state index contributed by atoms with van der Waals surface area (Å²) in [5.41, 5.74) is 1.95. The molecule has 0 saturated carbocycles. The van der Waals surface area contributed by atoms with Crippen molar-refractivity contribution in [2.24, 2.45) is 0 Å². The number of sulfonamides is 1. The van der Waals surface area contributed by atoms with E-state index in [0.29, 0.717) is 11.4 Å². The van der Waals surface area contributed by atoms with Gasteiger partial charge in [0.25, 0.3) is 0 Å². The van der Waals surface area contributed by atoms with Gasteiger partial charge in [0, 0.05) is 25.7 Å². The van der Waals surface area contributed by atoms with Crippen LogP contribution >= 0.6 is 0 Å². The lowest BCUT2D eigenvalue weighted by molar-refractivity contribution is 0.213. The van der Waals surface area contributed by atoms with Gasteiger partial charge in [-0.1, -0.05) is 17.7 Å². The second-order valence-corrected chi connectivity index (χ2v) is 7.49. The monoisotopic (exact) mass is 280 g/mol. The van der Waals surface area contributed by atoms with Crippen molar-refractivity contribution in [3.05, 3.63) is 29.3 Å². The van der Waals surface area contributed by atoms with Crippen LogP contribution in [0, 0.1) is 13.8 Å². The molecule has 2 aliphatic rings. The zero-order valence-electron chi connectivity index (χ0n) is 11.5. The summed E-state index contributed by atoms with van der Waals surface area (Å²) in [5, 5.41) is 0. The van der Waals surface area contributed by atoms with Crippen LogP contribution in [0.2, 0.25) is 0 Å². The van der Waals surface area contributed by atoms with Crippen LogP contribution in [0.3, 0.4) is 0 Å². The van der Waals surface area contributed by atoms with Crippen molar-refractivity contribution >= 4 is 10.0 Å². The molecule has 3 rings (SSSR count). The van der Waals surface area contributed by atoms with Crippen molar-refractivity contribution in [1.29, 1.82) is 0 Å². The fourth-order valence-electron chi connectivity index (χ4n) is 3.20. The van der Waals surface area contributed by atoms with E-state index in [1.54, 1.807) is 10.4 Å². The third-order valence-electron chi connectivity index (χ3n) is 4.21. The van der Waals surface area contributed by atoms with Gasteiger partial charge in [-0.15, -0.1) is 0 Å². The molecule has 1 aromatic carbocycles. The number of benzene rings is 1. The predicted molar refractivity (Wildman–Crippen MR) is 74.7 cm³/mol. The van der Waals surface area contributed by atoms with E-state index in [0.717, 1.165) is 37.2 Å². The van der Waals surface area contributed by atoms with Gasteiger partial charge >= 0.3 is 0 Å². The molecule has 0 aliphatic carbocycles. The van der Waals surface area contributed by atoms with Crippen LogP contribution < -0.4 is 0 Å². The predicted octanol–water partition coefficient (Wildman–Crippen LogP) is 1.38. The Balaban J connectivity index is 1.98. The molecular formula is C14H20N2O2S. The minimum absolute atomic E-state index is 0.166. The number of aryl methyl sites for hydroxylation is 2. The zero-order chi connectivity index (χ0) is 13.6. The van der Waals surface area contributed by atoms with E-state index >= 15 is 0 Å². The molecule has 2 saturated heterocycles. The highest BCUT2D eigenvalue weighted by Gasteiger charge is 2.39. The Kier molecular flexibility index (Phi) is 3.15. The number of fused-ring (bicyclic) bond motifs is 2. The van der Waals surface area contributed by atoms with Gasteiger partial charge in [-0.05, 0) is 38.4 Å². The quantitative estimate of drug-likeness (QED) is 0.822. The first kappa shape index (κ1) is 13.1. The summed E-state index contributed by atoms with van der Waals surface area (Å²) in [5.74, 6) is 0. The van der Waals surface area contributed by atoms with Crippen LogP contribution in [0.5, 0.6) is 0 Å². The highest BCUT2D eigenvalue weighted by molar-refractivity contribution is 7.89. The Morgan fingerprint density at radius 3 is 2.68 bits per heavy atom. The molecule has 2 bridgehead atoms. The van der Waals surface area contributed by atoms with Crippen molar-refractivity contribution in [3.63, 3.8) is 0 Å². The number of rotatable bonds is 2. The van der Waals surface area contributed by atoms with Gasteiger partial charge in [0.15, 0.2) is 0 Å². The lowest BCUT2D eigenvalue weighted by Crippen LogP contribution is -2.49. The summed E-state index contributed by atoms with van der Waals surface area (Å²) in [6.07, 6.45) is 0.962. The van der Waals surface area contributed by atoms with Gasteiger partial charge in [0.05, 0.1) is 4.90 Å². The molecule has 0 aromatic heterocycles. The fourth-order valence-corrected chi connectivity index (χ4v) is 5.05. The molecule has 0 amide bonds. The second-order valence-electron chi connectivity index (χ2n) is 5.63. The largest absolute Gasteiger partial charge is 0.300 e. The van der Waals surface area contributed by atoms with Crippen LogP contribution in [-0.2, 0) is 10.0 Å². The second kappa shape index (κ2) is 4.58. The van der Waals surface area contributed by atoms with Crippen LogP contribution in [-0.4, -0.2) is 49.8 Å². The normalized spacial score (nSPS) is 27.7. The summed E-state index contributed by atoms with van der Waals surface area (Å²) in [6.45, 7) is 7.28. The van der Waals surface area contributed by atoms with E-state index < -0.39 is 10.0 Å². The van der Waals surface area contributed by atoms with E-state index in [1.165, 1.54) is 0 Å². The summed E-state index contributed by atoms with van der Waals surface area (Å²) in [7, 11) is -3.34. The molecule has 2 atom stereocenters. The van der Waals surface area contributed by atoms with Crippen LogP contribution in [0.25, 0.3) is 0 Å². The van der Waals surface area contributed by atoms with Gasteiger partial charge in [-0.25, -0.2) is 8.42 Å². The van der Waals surface area contributed by atoms with E-state index in [9.17, 15) is 8.42 Å². The highest BCUT2D eigenvalue weighted by Crippen LogP contribution is 2.28. The lowest BCUT2D eigenvalue weighted by Gasteiger charge is -2.33. The van der Waals surface area contributed by atoms with Crippen LogP contribution in [0.15, 0.2) is 23.1 Å². The molecule has 0 radical (unpaired) electrons. The van der Waals surface area contributed by atoms with Crippen molar-refractivity contribution in [3.8, 4) is 0 Å². The standard InChI is InChI=1S/C14H20N2O2S/c1-11-3-4-14(12(2)9-11)19(17,18)16-8-7-15-6-5-13(16)10-15/h3-4,9,13H,5-8,10H2,1-2H3. The maximum Gasteiger partial charge on any atom is 0.243 e. The highest BCUT2D eigenvalue weighted by atomic mass is 32.2. The molecular weight excluding hydrogens is 260 g/mol. The first-order valence-corrected chi connectivity index (χ1v) is 8.24. The van der Waals surface area contributed by atoms with Crippen molar-refractivity contribution < 1.29 is 8.42 Å². The average molecular weight is 280 g/mol. The molecule has 2 fully saturated rings. The lowest BCUT2D eigenvalue weighted by atomic mass is 10.2. The molecule has 19 heavy (non-hydrogen) atoms. The summed E-state index contributed by atoms with van der Waals surface area (Å²) in [6, 6.07) is 5.74. The summed E-state index contributed by atoms with van der Waals surface area (Å²) in [4.78, 5) is 2.82. The molecule has 0 N–H and O–H groups in total. The van der Waals surface area contributed by atoms with Gasteiger partial charge in [0.2, 0.25) is 10.0 Å². The fraction of sp³-hybridized carbons (Fsp3) is 0.571. The van der Waals surface area contributed by atoms with Gasteiger partial charge < -0.3 is 4.90 Å². The Bertz CT molecular complexity index is 597. The number of hydrogen-bond acceptors (Lipinski definition) is 3. The summed E-state index contributed by atoms with van der Waals surface area (Å²) >= 11 is 0. The average Bonchev–Trinajstić information content (AvgIpc) is 2.69. The third kappa shape index (κ3) is 2.20. The molecule has 0 spiro atoms. The SMILES string of the molecule is Cc1ccc(S(=O)(=O)N2CCN3CCC2C3)c(C)c1. The molecule has 5 heteroatoms. The Hall–Kier alpha value is -0.910. The van der Waals surface area contributed by atoms with Gasteiger partial charge in [-0.3, -0.25) is 0 Å². The number of piperazine rings is 1. The van der Waals surface area contributed by atoms with Crippen LogP contribution in [0.1, 0.15) is 17.5 Å². The van der Waals surface area contributed by atoms with Crippen molar-refractivity contribution in [1.82, 2.24) is 9.21 Å². The zero-order valence-corrected chi connectivity index (χ0v) is 12.3. The first-order valence-electron chi connectivity index (χ1n) is 6.80. The van der Waals surface area contributed by atoms with E-state index in [-0.39, 0.29) is 6.04 Å². The molecule has 2 heterocycles. The molecule has 2 unspecified atom stereocenters. The van der Waals surface area contributed by atoms with E-state index in [1.807, 2.05) is 26.0 Å². The minimum Gasteiger partial charge on any atom is -0.300 e. The van der Waals surface area contributed by atoms with Crippen molar-refractivity contribution in [2.75, 3.05) is 26.2 Å². The van der Waals surface area contributed by atoms with Gasteiger partial charge in [0.1, 0.15) is 0 Å². The third-order valence-corrected chi connectivity index (χ3v) is 6.32. The molecule has 4 nitrogen and oxygen atoms in total.